The van der Waals surface area contributed by atoms with Gasteiger partial charge >= 0.3 is 5.97 Å². The van der Waals surface area contributed by atoms with Crippen LogP contribution in [0.1, 0.15) is 19.5 Å². The lowest BCUT2D eigenvalue weighted by molar-refractivity contribution is -0.147. The minimum atomic E-state index is -1.38. The van der Waals surface area contributed by atoms with Crippen LogP contribution in [0.3, 0.4) is 0 Å². The van der Waals surface area contributed by atoms with Crippen molar-refractivity contribution < 1.29 is 9.53 Å². The molecule has 78 valence electrons. The van der Waals surface area contributed by atoms with Gasteiger partial charge in [-0.15, -0.1) is 0 Å². The maximum Gasteiger partial charge on any atom is 0.332 e. The number of carbonyl (C=O) groups excluding carboxylic acids is 1. The van der Waals surface area contributed by atoms with Gasteiger partial charge in [-0.05, 0) is 13.8 Å². The molecule has 1 unspecified atom stereocenters. The largest absolute Gasteiger partial charge is 0.465 e. The fourth-order valence-corrected chi connectivity index (χ4v) is 1.04. The van der Waals surface area contributed by atoms with Crippen molar-refractivity contribution in [2.75, 3.05) is 6.61 Å². The van der Waals surface area contributed by atoms with Crippen LogP contribution in [0.2, 0.25) is 0 Å². The Labute approximate surface area is 87.7 Å². The lowest BCUT2D eigenvalue weighted by Gasteiger charge is -2.17. The summed E-state index contributed by atoms with van der Waals surface area (Å²) in [5, 5.41) is 9.02. The predicted octanol–water partition coefficient (Wildman–Crippen LogP) is 0.821. The van der Waals surface area contributed by atoms with Gasteiger partial charge in [0.05, 0.1) is 24.6 Å². The van der Waals surface area contributed by atoms with Crippen LogP contribution < -0.4 is 0 Å². The molecule has 0 aliphatic heterocycles. The second-order valence-electron chi connectivity index (χ2n) is 3.05. The monoisotopic (exact) mass is 205 g/mol. The molecule has 0 amide bonds. The van der Waals surface area contributed by atoms with Gasteiger partial charge < -0.3 is 4.74 Å². The van der Waals surface area contributed by atoms with Crippen molar-refractivity contribution >= 4 is 5.97 Å². The third-order valence-electron chi connectivity index (χ3n) is 1.98. The summed E-state index contributed by atoms with van der Waals surface area (Å²) in [4.78, 5) is 19.3. The van der Waals surface area contributed by atoms with Crippen molar-refractivity contribution in [1.82, 2.24) is 9.97 Å². The zero-order chi connectivity index (χ0) is 11.3. The van der Waals surface area contributed by atoms with Gasteiger partial charge in [0.2, 0.25) is 0 Å². The molecule has 0 aliphatic carbocycles. The van der Waals surface area contributed by atoms with Gasteiger partial charge in [-0.2, -0.15) is 5.26 Å². The molecule has 0 N–H and O–H groups in total. The number of nitriles is 1. The number of rotatable bonds is 3. The number of esters is 1. The number of nitrogens with zero attached hydrogens (tertiary/aromatic N) is 3. The minimum Gasteiger partial charge on any atom is -0.465 e. The van der Waals surface area contributed by atoms with Crippen molar-refractivity contribution in [3.63, 3.8) is 0 Å². The van der Waals surface area contributed by atoms with Crippen molar-refractivity contribution in [1.29, 1.82) is 5.26 Å². The summed E-state index contributed by atoms with van der Waals surface area (Å²) in [5.41, 5.74) is -1.09. The molecule has 5 heteroatoms. The second-order valence-corrected chi connectivity index (χ2v) is 3.05. The number of hydrogen-bond acceptors (Lipinski definition) is 5. The molecule has 15 heavy (non-hydrogen) atoms. The van der Waals surface area contributed by atoms with E-state index in [0.717, 1.165) is 0 Å². The van der Waals surface area contributed by atoms with Crippen LogP contribution in [0.5, 0.6) is 0 Å². The first-order valence-corrected chi connectivity index (χ1v) is 4.50. The third-order valence-corrected chi connectivity index (χ3v) is 1.98. The van der Waals surface area contributed by atoms with E-state index in [1.807, 2.05) is 6.07 Å². The Hall–Kier alpha value is -1.96. The Morgan fingerprint density at radius 3 is 2.87 bits per heavy atom. The summed E-state index contributed by atoms with van der Waals surface area (Å²) >= 11 is 0. The standard InChI is InChI=1S/C10H11N3O2/c1-3-15-9(14)10(2,7-11)8-6-12-4-5-13-8/h4-6H,3H2,1-2H3. The fourth-order valence-electron chi connectivity index (χ4n) is 1.04. The van der Waals surface area contributed by atoms with Gasteiger partial charge in [-0.25, -0.2) is 4.79 Å². The number of aromatic nitrogens is 2. The van der Waals surface area contributed by atoms with E-state index in [9.17, 15) is 4.79 Å². The van der Waals surface area contributed by atoms with E-state index in [2.05, 4.69) is 9.97 Å². The molecular formula is C10H11N3O2. The van der Waals surface area contributed by atoms with E-state index in [1.165, 1.54) is 25.5 Å². The van der Waals surface area contributed by atoms with Crippen molar-refractivity contribution in [2.45, 2.75) is 19.3 Å². The summed E-state index contributed by atoms with van der Waals surface area (Å²) in [5.74, 6) is -0.604. The second kappa shape index (κ2) is 4.51. The normalized spacial score (nSPS) is 13.7. The van der Waals surface area contributed by atoms with Crippen LogP contribution in [0.4, 0.5) is 0 Å². The summed E-state index contributed by atoms with van der Waals surface area (Å²) in [6.45, 7) is 3.39. The quantitative estimate of drug-likeness (QED) is 0.683. The average Bonchev–Trinajstić information content (AvgIpc) is 2.29. The SMILES string of the molecule is CCOC(=O)C(C)(C#N)c1cnccn1. The maximum atomic E-state index is 11.6. The van der Waals surface area contributed by atoms with Gasteiger partial charge in [-0.3, -0.25) is 9.97 Å². The molecule has 0 aliphatic rings. The first-order chi connectivity index (χ1) is 7.15. The Morgan fingerprint density at radius 2 is 2.40 bits per heavy atom. The average molecular weight is 205 g/mol. The molecule has 0 fully saturated rings. The Morgan fingerprint density at radius 1 is 1.67 bits per heavy atom. The highest BCUT2D eigenvalue weighted by atomic mass is 16.5. The molecule has 5 nitrogen and oxygen atoms in total. The van der Waals surface area contributed by atoms with Crippen LogP contribution >= 0.6 is 0 Å². The molecule has 0 saturated heterocycles. The topological polar surface area (TPSA) is 75.9 Å². The Balaban J connectivity index is 3.07. The fraction of sp³-hybridized carbons (Fsp3) is 0.400. The van der Waals surface area contributed by atoms with Crippen molar-refractivity contribution in [3.8, 4) is 6.07 Å². The lowest BCUT2D eigenvalue weighted by atomic mass is 9.89. The van der Waals surface area contributed by atoms with Crippen molar-refractivity contribution in [3.05, 3.63) is 24.3 Å². The molecular weight excluding hydrogens is 194 g/mol. The summed E-state index contributed by atoms with van der Waals surface area (Å²) in [6, 6.07) is 1.90. The van der Waals surface area contributed by atoms with Gasteiger partial charge in [0.1, 0.15) is 0 Å². The van der Waals surface area contributed by atoms with E-state index in [1.54, 1.807) is 6.92 Å². The molecule has 1 aromatic heterocycles. The molecule has 1 rings (SSSR count). The first kappa shape index (κ1) is 11.1. The molecule has 0 spiro atoms. The summed E-state index contributed by atoms with van der Waals surface area (Å²) < 4.78 is 4.82. The minimum absolute atomic E-state index is 0.233. The van der Waals surface area contributed by atoms with Crippen LogP contribution in [0.25, 0.3) is 0 Å². The highest BCUT2D eigenvalue weighted by molar-refractivity contribution is 5.85. The first-order valence-electron chi connectivity index (χ1n) is 4.50. The number of ether oxygens (including phenoxy) is 1. The molecule has 0 saturated carbocycles. The Bertz CT molecular complexity index is 385. The smallest absolute Gasteiger partial charge is 0.332 e. The van der Waals surface area contributed by atoms with E-state index in [0.29, 0.717) is 5.69 Å². The molecule has 0 bridgehead atoms. The van der Waals surface area contributed by atoms with E-state index < -0.39 is 11.4 Å². The summed E-state index contributed by atoms with van der Waals surface area (Å²) in [6.07, 6.45) is 4.30. The molecule has 1 aromatic rings. The van der Waals surface area contributed by atoms with Gasteiger partial charge in [-0.1, -0.05) is 0 Å². The summed E-state index contributed by atoms with van der Waals surface area (Å²) in [7, 11) is 0. The van der Waals surface area contributed by atoms with Crippen LogP contribution in [0, 0.1) is 11.3 Å². The van der Waals surface area contributed by atoms with Crippen molar-refractivity contribution in [2.24, 2.45) is 0 Å². The van der Waals surface area contributed by atoms with E-state index in [4.69, 9.17) is 10.00 Å². The third kappa shape index (κ3) is 2.10. The van der Waals surface area contributed by atoms with Crippen LogP contribution in [-0.4, -0.2) is 22.5 Å². The van der Waals surface area contributed by atoms with Gasteiger partial charge in [0, 0.05) is 12.4 Å². The highest BCUT2D eigenvalue weighted by Gasteiger charge is 2.38. The number of carbonyl (C=O) groups is 1. The predicted molar refractivity (Wildman–Crippen MR) is 51.6 cm³/mol. The van der Waals surface area contributed by atoms with E-state index in [-0.39, 0.29) is 6.61 Å². The van der Waals surface area contributed by atoms with Crippen LogP contribution in [0.15, 0.2) is 18.6 Å². The van der Waals surface area contributed by atoms with Gasteiger partial charge in [0.25, 0.3) is 0 Å². The van der Waals surface area contributed by atoms with E-state index >= 15 is 0 Å². The number of hydrogen-bond donors (Lipinski definition) is 0. The lowest BCUT2D eigenvalue weighted by Crippen LogP contribution is -2.33. The highest BCUT2D eigenvalue weighted by Crippen LogP contribution is 2.21. The molecule has 0 aromatic carbocycles. The molecule has 0 radical (unpaired) electrons. The Kier molecular flexibility index (Phi) is 3.34. The van der Waals surface area contributed by atoms with Gasteiger partial charge in [0.15, 0.2) is 5.41 Å². The van der Waals surface area contributed by atoms with Crippen LogP contribution in [-0.2, 0) is 14.9 Å². The molecule has 1 heterocycles. The molecule has 1 atom stereocenters. The zero-order valence-corrected chi connectivity index (χ0v) is 8.60. The zero-order valence-electron chi connectivity index (χ0n) is 8.60. The maximum absolute atomic E-state index is 11.6.